The Hall–Kier alpha value is -2.10. The van der Waals surface area contributed by atoms with Gasteiger partial charge in [0.2, 0.25) is 0 Å². The molecule has 94 valence electrons. The van der Waals surface area contributed by atoms with E-state index in [1.807, 2.05) is 13.1 Å². The normalized spacial score (nSPS) is 10.2. The van der Waals surface area contributed by atoms with E-state index in [9.17, 15) is 0 Å². The summed E-state index contributed by atoms with van der Waals surface area (Å²) in [5.41, 5.74) is 2.40. The second-order valence-electron chi connectivity index (χ2n) is 4.09. The van der Waals surface area contributed by atoms with Crippen LogP contribution in [0.4, 0.5) is 17.3 Å². The van der Waals surface area contributed by atoms with Crippen molar-refractivity contribution < 1.29 is 0 Å². The summed E-state index contributed by atoms with van der Waals surface area (Å²) in [4.78, 5) is 10.6. The van der Waals surface area contributed by atoms with Gasteiger partial charge in [-0.3, -0.25) is 0 Å². The number of aromatic nitrogens is 2. The summed E-state index contributed by atoms with van der Waals surface area (Å²) in [6.45, 7) is 5.06. The summed E-state index contributed by atoms with van der Waals surface area (Å²) < 4.78 is 0. The number of hydrogen-bond donors (Lipinski definition) is 1. The van der Waals surface area contributed by atoms with E-state index in [0.29, 0.717) is 0 Å². The van der Waals surface area contributed by atoms with Gasteiger partial charge in [0.1, 0.15) is 18.0 Å². The predicted octanol–water partition coefficient (Wildman–Crippen LogP) is 2.98. The molecular weight excluding hydrogens is 224 g/mol. The zero-order valence-electron chi connectivity index (χ0n) is 11.0. The Bertz CT molecular complexity index is 507. The Morgan fingerprint density at radius 1 is 1.17 bits per heavy atom. The lowest BCUT2D eigenvalue weighted by Gasteiger charge is -2.22. The Morgan fingerprint density at radius 3 is 2.50 bits per heavy atom. The zero-order valence-corrected chi connectivity index (χ0v) is 11.0. The maximum absolute atomic E-state index is 4.33. The second-order valence-corrected chi connectivity index (χ2v) is 4.09. The van der Waals surface area contributed by atoms with Crippen molar-refractivity contribution in [2.45, 2.75) is 13.8 Å². The third kappa shape index (κ3) is 2.59. The first-order chi connectivity index (χ1) is 8.74. The maximum Gasteiger partial charge on any atom is 0.138 e. The van der Waals surface area contributed by atoms with E-state index in [0.717, 1.165) is 23.9 Å². The maximum atomic E-state index is 4.33. The summed E-state index contributed by atoms with van der Waals surface area (Å²) in [7, 11) is 1.86. The SMILES string of the molecule is CCN(c1ccc(C)cc1)c1cc(NC)ncn1. The quantitative estimate of drug-likeness (QED) is 0.895. The molecule has 0 spiro atoms. The van der Waals surface area contributed by atoms with Crippen LogP contribution >= 0.6 is 0 Å². The lowest BCUT2D eigenvalue weighted by atomic mass is 10.2. The summed E-state index contributed by atoms with van der Waals surface area (Å²) >= 11 is 0. The molecule has 0 amide bonds. The Balaban J connectivity index is 2.35. The minimum Gasteiger partial charge on any atom is -0.373 e. The van der Waals surface area contributed by atoms with Crippen molar-refractivity contribution in [1.82, 2.24) is 9.97 Å². The molecule has 1 aromatic carbocycles. The molecule has 0 unspecified atom stereocenters. The van der Waals surface area contributed by atoms with Gasteiger partial charge in [0, 0.05) is 25.3 Å². The van der Waals surface area contributed by atoms with Crippen LogP contribution < -0.4 is 10.2 Å². The summed E-state index contributed by atoms with van der Waals surface area (Å²) in [5.74, 6) is 1.73. The highest BCUT2D eigenvalue weighted by Gasteiger charge is 2.09. The van der Waals surface area contributed by atoms with Crippen molar-refractivity contribution in [3.8, 4) is 0 Å². The van der Waals surface area contributed by atoms with Gasteiger partial charge in [-0.1, -0.05) is 17.7 Å². The topological polar surface area (TPSA) is 41.0 Å². The van der Waals surface area contributed by atoms with Crippen molar-refractivity contribution in [3.63, 3.8) is 0 Å². The fourth-order valence-corrected chi connectivity index (χ4v) is 1.83. The van der Waals surface area contributed by atoms with E-state index >= 15 is 0 Å². The van der Waals surface area contributed by atoms with Gasteiger partial charge in [0.25, 0.3) is 0 Å². The number of rotatable bonds is 4. The highest BCUT2D eigenvalue weighted by molar-refractivity contribution is 5.62. The molecule has 1 N–H and O–H groups in total. The molecule has 0 aliphatic carbocycles. The van der Waals surface area contributed by atoms with Crippen LogP contribution in [0.15, 0.2) is 36.7 Å². The fourth-order valence-electron chi connectivity index (χ4n) is 1.83. The van der Waals surface area contributed by atoms with Crippen LogP contribution in [0.5, 0.6) is 0 Å². The predicted molar refractivity (Wildman–Crippen MR) is 75.4 cm³/mol. The van der Waals surface area contributed by atoms with Crippen LogP contribution in [-0.4, -0.2) is 23.6 Å². The van der Waals surface area contributed by atoms with Crippen molar-refractivity contribution in [2.75, 3.05) is 23.8 Å². The highest BCUT2D eigenvalue weighted by atomic mass is 15.2. The van der Waals surface area contributed by atoms with Gasteiger partial charge in [-0.2, -0.15) is 0 Å². The Kier molecular flexibility index (Phi) is 3.77. The van der Waals surface area contributed by atoms with Crippen molar-refractivity contribution in [3.05, 3.63) is 42.2 Å². The summed E-state index contributed by atoms with van der Waals surface area (Å²) in [6.07, 6.45) is 1.58. The third-order valence-electron chi connectivity index (χ3n) is 2.85. The first kappa shape index (κ1) is 12.4. The second kappa shape index (κ2) is 5.49. The number of benzene rings is 1. The molecule has 4 heteroatoms. The van der Waals surface area contributed by atoms with Gasteiger partial charge in [-0.25, -0.2) is 9.97 Å². The Labute approximate surface area is 108 Å². The number of anilines is 3. The molecule has 0 saturated carbocycles. The van der Waals surface area contributed by atoms with E-state index in [1.54, 1.807) is 6.33 Å². The molecule has 18 heavy (non-hydrogen) atoms. The first-order valence-electron chi connectivity index (χ1n) is 6.08. The monoisotopic (exact) mass is 242 g/mol. The van der Waals surface area contributed by atoms with Gasteiger partial charge in [-0.15, -0.1) is 0 Å². The van der Waals surface area contributed by atoms with Crippen LogP contribution in [0.1, 0.15) is 12.5 Å². The number of hydrogen-bond acceptors (Lipinski definition) is 4. The molecule has 0 aliphatic heterocycles. The lowest BCUT2D eigenvalue weighted by molar-refractivity contribution is 0.976. The minimum atomic E-state index is 0.825. The van der Waals surface area contributed by atoms with Crippen molar-refractivity contribution in [1.29, 1.82) is 0 Å². The van der Waals surface area contributed by atoms with Crippen LogP contribution in [0.2, 0.25) is 0 Å². The van der Waals surface area contributed by atoms with Crippen LogP contribution in [0.3, 0.4) is 0 Å². The average molecular weight is 242 g/mol. The van der Waals surface area contributed by atoms with Crippen molar-refractivity contribution >= 4 is 17.3 Å². The zero-order chi connectivity index (χ0) is 13.0. The molecule has 2 rings (SSSR count). The molecule has 1 aromatic heterocycles. The molecule has 1 heterocycles. The molecule has 0 bridgehead atoms. The molecule has 4 nitrogen and oxygen atoms in total. The van der Waals surface area contributed by atoms with E-state index in [-0.39, 0.29) is 0 Å². The number of nitrogens with zero attached hydrogens (tertiary/aromatic N) is 3. The van der Waals surface area contributed by atoms with Gasteiger partial charge < -0.3 is 10.2 Å². The molecular formula is C14H18N4. The smallest absolute Gasteiger partial charge is 0.138 e. The lowest BCUT2D eigenvalue weighted by Crippen LogP contribution is -2.17. The molecule has 0 atom stereocenters. The van der Waals surface area contributed by atoms with E-state index in [1.165, 1.54) is 5.56 Å². The van der Waals surface area contributed by atoms with Gasteiger partial charge >= 0.3 is 0 Å². The van der Waals surface area contributed by atoms with E-state index in [4.69, 9.17) is 0 Å². The number of aryl methyl sites for hydroxylation is 1. The molecule has 0 saturated heterocycles. The van der Waals surface area contributed by atoms with Crippen molar-refractivity contribution in [2.24, 2.45) is 0 Å². The largest absolute Gasteiger partial charge is 0.373 e. The van der Waals surface area contributed by atoms with Gasteiger partial charge in [0.15, 0.2) is 0 Å². The van der Waals surface area contributed by atoms with Crippen LogP contribution in [-0.2, 0) is 0 Å². The van der Waals surface area contributed by atoms with Crippen LogP contribution in [0.25, 0.3) is 0 Å². The molecule has 2 aromatic rings. The standard InChI is InChI=1S/C14H18N4/c1-4-18(12-7-5-11(2)6-8-12)14-9-13(15-3)16-10-17-14/h5-10H,4H2,1-3H3,(H,15,16,17). The Morgan fingerprint density at radius 2 is 1.89 bits per heavy atom. The van der Waals surface area contributed by atoms with Gasteiger partial charge in [0.05, 0.1) is 0 Å². The summed E-state index contributed by atoms with van der Waals surface area (Å²) in [6, 6.07) is 10.4. The highest BCUT2D eigenvalue weighted by Crippen LogP contribution is 2.24. The summed E-state index contributed by atoms with van der Waals surface area (Å²) in [5, 5.41) is 3.03. The average Bonchev–Trinajstić information content (AvgIpc) is 2.42. The fraction of sp³-hybridized carbons (Fsp3) is 0.286. The van der Waals surface area contributed by atoms with E-state index < -0.39 is 0 Å². The number of nitrogens with one attached hydrogen (secondary N) is 1. The van der Waals surface area contributed by atoms with E-state index in [2.05, 4.69) is 58.3 Å². The third-order valence-corrected chi connectivity index (χ3v) is 2.85. The van der Waals surface area contributed by atoms with Gasteiger partial charge in [-0.05, 0) is 26.0 Å². The first-order valence-corrected chi connectivity index (χ1v) is 6.08. The minimum absolute atomic E-state index is 0.825. The van der Waals surface area contributed by atoms with Crippen LogP contribution in [0, 0.1) is 6.92 Å². The molecule has 0 aliphatic rings. The molecule has 0 radical (unpaired) electrons. The molecule has 0 fully saturated rings.